The standard InChI is InChI=1S/C23H23BrN4O/c1-16(2)12-18-8-10-19(11-9-18)21-14-22(27-26-21)23(29)28-25-15-20(24)13-17-6-4-3-5-7-17/h3-11,13-16H,12H2,1-2H3,(H,26,27)(H,28,29)/b20-13-,25-15+. The number of nitrogens with zero attached hydrogens (tertiary/aromatic N) is 2. The van der Waals surface area contributed by atoms with Gasteiger partial charge < -0.3 is 0 Å². The largest absolute Gasteiger partial charge is 0.289 e. The van der Waals surface area contributed by atoms with Gasteiger partial charge in [0.1, 0.15) is 5.69 Å². The molecule has 2 N–H and O–H groups in total. The number of halogens is 1. The quantitative estimate of drug-likeness (QED) is 0.372. The molecule has 5 nitrogen and oxygen atoms in total. The molecule has 29 heavy (non-hydrogen) atoms. The van der Waals surface area contributed by atoms with Crippen LogP contribution in [-0.2, 0) is 6.42 Å². The van der Waals surface area contributed by atoms with Crippen LogP contribution in [0, 0.1) is 5.92 Å². The second-order valence-corrected chi connectivity index (χ2v) is 8.02. The third kappa shape index (κ3) is 6.26. The molecular weight excluding hydrogens is 428 g/mol. The fourth-order valence-electron chi connectivity index (χ4n) is 2.83. The van der Waals surface area contributed by atoms with Crippen LogP contribution in [0.2, 0.25) is 0 Å². The fraction of sp³-hybridized carbons (Fsp3) is 0.174. The third-order valence-corrected chi connectivity index (χ3v) is 4.61. The number of rotatable bonds is 7. The zero-order valence-corrected chi connectivity index (χ0v) is 18.0. The van der Waals surface area contributed by atoms with Gasteiger partial charge in [0, 0.05) is 10.0 Å². The van der Waals surface area contributed by atoms with Gasteiger partial charge in [-0.1, -0.05) is 68.4 Å². The van der Waals surface area contributed by atoms with Crippen molar-refractivity contribution in [1.82, 2.24) is 15.6 Å². The first-order valence-corrected chi connectivity index (χ1v) is 10.2. The molecule has 3 rings (SSSR count). The molecular formula is C23H23BrN4O. The lowest BCUT2D eigenvalue weighted by molar-refractivity contribution is 0.0950. The zero-order chi connectivity index (χ0) is 20.6. The average molecular weight is 451 g/mol. The van der Waals surface area contributed by atoms with Gasteiger partial charge in [-0.3, -0.25) is 9.89 Å². The lowest BCUT2D eigenvalue weighted by Crippen LogP contribution is -2.17. The summed E-state index contributed by atoms with van der Waals surface area (Å²) in [6.07, 6.45) is 4.49. The van der Waals surface area contributed by atoms with Gasteiger partial charge in [-0.25, -0.2) is 5.43 Å². The predicted molar refractivity (Wildman–Crippen MR) is 122 cm³/mol. The highest BCUT2D eigenvalue weighted by Gasteiger charge is 2.10. The molecule has 1 heterocycles. The number of hydrogen-bond donors (Lipinski definition) is 2. The van der Waals surface area contributed by atoms with Crippen molar-refractivity contribution in [3.8, 4) is 11.3 Å². The summed E-state index contributed by atoms with van der Waals surface area (Å²) >= 11 is 3.42. The van der Waals surface area contributed by atoms with Crippen molar-refractivity contribution in [3.63, 3.8) is 0 Å². The number of benzene rings is 2. The molecule has 0 aliphatic rings. The molecule has 148 valence electrons. The second-order valence-electron chi connectivity index (χ2n) is 7.10. The van der Waals surface area contributed by atoms with Crippen LogP contribution in [0.15, 0.2) is 70.2 Å². The van der Waals surface area contributed by atoms with E-state index in [9.17, 15) is 4.79 Å². The first-order chi connectivity index (χ1) is 14.0. The fourth-order valence-corrected chi connectivity index (χ4v) is 3.19. The number of aromatic amines is 1. The number of aromatic nitrogens is 2. The molecule has 1 amide bonds. The summed E-state index contributed by atoms with van der Waals surface area (Å²) < 4.78 is 0.746. The molecule has 0 bridgehead atoms. The van der Waals surface area contributed by atoms with Crippen LogP contribution >= 0.6 is 15.9 Å². The first-order valence-electron chi connectivity index (χ1n) is 9.41. The molecule has 6 heteroatoms. The summed E-state index contributed by atoms with van der Waals surface area (Å²) in [4.78, 5) is 12.3. The highest BCUT2D eigenvalue weighted by atomic mass is 79.9. The van der Waals surface area contributed by atoms with E-state index < -0.39 is 0 Å². The van der Waals surface area contributed by atoms with E-state index in [1.165, 1.54) is 11.8 Å². The van der Waals surface area contributed by atoms with Gasteiger partial charge in [-0.15, -0.1) is 0 Å². The number of allylic oxidation sites excluding steroid dienone is 1. The Morgan fingerprint density at radius 1 is 1.17 bits per heavy atom. The number of nitrogens with one attached hydrogen (secondary N) is 2. The Morgan fingerprint density at radius 3 is 2.59 bits per heavy atom. The smallest absolute Gasteiger partial charge is 0.272 e. The SMILES string of the molecule is CC(C)Cc1ccc(-c2cc(C(=O)N/N=C/C(Br)=C/c3ccccc3)[nH]n2)cc1. The van der Waals surface area contributed by atoms with Crippen molar-refractivity contribution in [3.05, 3.63) is 82.0 Å². The van der Waals surface area contributed by atoms with Crippen molar-refractivity contribution in [2.75, 3.05) is 0 Å². The summed E-state index contributed by atoms with van der Waals surface area (Å²) in [7, 11) is 0. The van der Waals surface area contributed by atoms with Crippen molar-refractivity contribution < 1.29 is 4.79 Å². The minimum absolute atomic E-state index is 0.351. The number of hydrogen-bond acceptors (Lipinski definition) is 3. The Bertz CT molecular complexity index is 1000. The molecule has 0 saturated heterocycles. The van der Waals surface area contributed by atoms with E-state index in [1.807, 2.05) is 48.5 Å². The van der Waals surface area contributed by atoms with Gasteiger partial charge >= 0.3 is 0 Å². The van der Waals surface area contributed by atoms with Crippen LogP contribution in [0.1, 0.15) is 35.5 Å². The topological polar surface area (TPSA) is 70.1 Å². The summed E-state index contributed by atoms with van der Waals surface area (Å²) in [6, 6.07) is 19.8. The van der Waals surface area contributed by atoms with Gasteiger partial charge in [-0.2, -0.15) is 10.2 Å². The summed E-state index contributed by atoms with van der Waals surface area (Å²) in [5, 5.41) is 11.0. The first kappa shape index (κ1) is 20.7. The Labute approximate surface area is 179 Å². The van der Waals surface area contributed by atoms with E-state index in [-0.39, 0.29) is 5.91 Å². The van der Waals surface area contributed by atoms with E-state index in [4.69, 9.17) is 0 Å². The minimum atomic E-state index is -0.351. The molecule has 0 spiro atoms. The van der Waals surface area contributed by atoms with Crippen LogP contribution in [0.5, 0.6) is 0 Å². The Morgan fingerprint density at radius 2 is 1.90 bits per heavy atom. The van der Waals surface area contributed by atoms with E-state index in [2.05, 4.69) is 62.6 Å². The highest BCUT2D eigenvalue weighted by molar-refractivity contribution is 9.12. The normalized spacial score (nSPS) is 11.9. The third-order valence-electron chi connectivity index (χ3n) is 4.17. The number of amides is 1. The zero-order valence-electron chi connectivity index (χ0n) is 16.4. The number of carbonyl (C=O) groups excluding carboxylic acids is 1. The summed E-state index contributed by atoms with van der Waals surface area (Å²) in [6.45, 7) is 4.40. The molecule has 0 unspecified atom stereocenters. The predicted octanol–water partition coefficient (Wildman–Crippen LogP) is 5.43. The van der Waals surface area contributed by atoms with Gasteiger partial charge in [-0.05, 0) is 51.5 Å². The van der Waals surface area contributed by atoms with Crippen molar-refractivity contribution in [2.24, 2.45) is 11.0 Å². The summed E-state index contributed by atoms with van der Waals surface area (Å²) in [5.41, 5.74) is 6.87. The molecule has 0 aliphatic heterocycles. The van der Waals surface area contributed by atoms with Crippen LogP contribution in [0.3, 0.4) is 0 Å². The molecule has 0 aliphatic carbocycles. The maximum absolute atomic E-state index is 12.3. The monoisotopic (exact) mass is 450 g/mol. The van der Waals surface area contributed by atoms with E-state index in [1.54, 1.807) is 6.07 Å². The Hall–Kier alpha value is -2.99. The Kier molecular flexibility index (Phi) is 7.14. The maximum atomic E-state index is 12.3. The second kappa shape index (κ2) is 9.98. The number of hydrazone groups is 1. The van der Waals surface area contributed by atoms with Crippen molar-refractivity contribution >= 4 is 34.1 Å². The van der Waals surface area contributed by atoms with Gasteiger partial charge in [0.05, 0.1) is 11.9 Å². The molecule has 1 aromatic heterocycles. The highest BCUT2D eigenvalue weighted by Crippen LogP contribution is 2.19. The summed E-state index contributed by atoms with van der Waals surface area (Å²) in [5.74, 6) is 0.265. The van der Waals surface area contributed by atoms with Gasteiger partial charge in [0.2, 0.25) is 0 Å². The molecule has 0 fully saturated rings. The Balaban J connectivity index is 1.60. The van der Waals surface area contributed by atoms with Crippen LogP contribution < -0.4 is 5.43 Å². The van der Waals surface area contributed by atoms with E-state index >= 15 is 0 Å². The number of carbonyl (C=O) groups is 1. The molecule has 3 aromatic rings. The van der Waals surface area contributed by atoms with Gasteiger partial charge in [0.25, 0.3) is 5.91 Å². The molecule has 0 saturated carbocycles. The van der Waals surface area contributed by atoms with Gasteiger partial charge in [0.15, 0.2) is 0 Å². The lowest BCUT2D eigenvalue weighted by Gasteiger charge is -2.05. The maximum Gasteiger partial charge on any atom is 0.289 e. The van der Waals surface area contributed by atoms with Crippen molar-refractivity contribution in [1.29, 1.82) is 0 Å². The van der Waals surface area contributed by atoms with Crippen LogP contribution in [0.4, 0.5) is 0 Å². The van der Waals surface area contributed by atoms with Crippen LogP contribution in [-0.4, -0.2) is 22.3 Å². The van der Waals surface area contributed by atoms with Crippen molar-refractivity contribution in [2.45, 2.75) is 20.3 Å². The molecule has 0 atom stereocenters. The van der Waals surface area contributed by atoms with Crippen LogP contribution in [0.25, 0.3) is 17.3 Å². The van der Waals surface area contributed by atoms with E-state index in [0.717, 1.165) is 27.7 Å². The molecule has 0 radical (unpaired) electrons. The average Bonchev–Trinajstić information content (AvgIpc) is 3.19. The number of H-pyrrole nitrogens is 1. The van der Waals surface area contributed by atoms with E-state index in [0.29, 0.717) is 11.6 Å². The minimum Gasteiger partial charge on any atom is -0.272 e. The lowest BCUT2D eigenvalue weighted by atomic mass is 10.0. The molecule has 2 aromatic carbocycles.